The maximum absolute atomic E-state index is 3.46. The SMILES string of the molecule is CNC(CN1CC2CCC1C2)c1ccccc1. The van der Waals surface area contributed by atoms with Gasteiger partial charge in [0.05, 0.1) is 0 Å². The van der Waals surface area contributed by atoms with E-state index in [2.05, 4.69) is 47.6 Å². The van der Waals surface area contributed by atoms with Crippen LogP contribution in [0.1, 0.15) is 30.9 Å². The van der Waals surface area contributed by atoms with Gasteiger partial charge >= 0.3 is 0 Å². The molecule has 2 nitrogen and oxygen atoms in total. The summed E-state index contributed by atoms with van der Waals surface area (Å²) >= 11 is 0. The van der Waals surface area contributed by atoms with E-state index in [1.807, 2.05) is 0 Å². The molecule has 1 saturated heterocycles. The molecule has 0 amide bonds. The lowest BCUT2D eigenvalue weighted by Crippen LogP contribution is -2.38. The molecular weight excluding hydrogens is 208 g/mol. The fourth-order valence-electron chi connectivity index (χ4n) is 3.53. The molecule has 1 aromatic rings. The Hall–Kier alpha value is -0.860. The van der Waals surface area contributed by atoms with Crippen LogP contribution in [0.15, 0.2) is 30.3 Å². The molecule has 2 bridgehead atoms. The smallest absolute Gasteiger partial charge is 0.0446 e. The van der Waals surface area contributed by atoms with Gasteiger partial charge in [0, 0.05) is 25.2 Å². The minimum absolute atomic E-state index is 0.482. The van der Waals surface area contributed by atoms with Crippen LogP contribution in [0, 0.1) is 5.92 Å². The van der Waals surface area contributed by atoms with E-state index in [0.717, 1.165) is 12.0 Å². The largest absolute Gasteiger partial charge is 0.312 e. The second-order valence-electron chi connectivity index (χ2n) is 5.54. The van der Waals surface area contributed by atoms with E-state index in [9.17, 15) is 0 Å². The monoisotopic (exact) mass is 230 g/mol. The highest BCUT2D eigenvalue weighted by Gasteiger charge is 2.38. The fourth-order valence-corrected chi connectivity index (χ4v) is 3.53. The first-order chi connectivity index (χ1) is 8.36. The van der Waals surface area contributed by atoms with Gasteiger partial charge in [-0.3, -0.25) is 4.90 Å². The molecule has 1 saturated carbocycles. The lowest BCUT2D eigenvalue weighted by molar-refractivity contribution is 0.194. The van der Waals surface area contributed by atoms with Gasteiger partial charge < -0.3 is 5.32 Å². The van der Waals surface area contributed by atoms with E-state index in [-0.39, 0.29) is 0 Å². The van der Waals surface area contributed by atoms with E-state index < -0.39 is 0 Å². The summed E-state index contributed by atoms with van der Waals surface area (Å²) in [7, 11) is 2.08. The Morgan fingerprint density at radius 1 is 1.29 bits per heavy atom. The molecule has 1 aliphatic heterocycles. The Morgan fingerprint density at radius 3 is 2.71 bits per heavy atom. The standard InChI is InChI=1S/C15H22N2/c1-16-15(13-5-3-2-4-6-13)11-17-10-12-7-8-14(17)9-12/h2-6,12,14-16H,7-11H2,1H3. The summed E-state index contributed by atoms with van der Waals surface area (Å²) in [6.45, 7) is 2.50. The van der Waals surface area contributed by atoms with Crippen molar-refractivity contribution in [3.63, 3.8) is 0 Å². The zero-order valence-electron chi connectivity index (χ0n) is 10.6. The summed E-state index contributed by atoms with van der Waals surface area (Å²) in [6, 6.07) is 12.2. The van der Waals surface area contributed by atoms with Crippen LogP contribution in [0.5, 0.6) is 0 Å². The van der Waals surface area contributed by atoms with Gasteiger partial charge in [-0.1, -0.05) is 30.3 Å². The number of likely N-dealkylation sites (tertiary alicyclic amines) is 1. The average Bonchev–Trinajstić information content (AvgIpc) is 2.99. The van der Waals surface area contributed by atoms with Crippen LogP contribution < -0.4 is 5.32 Å². The Morgan fingerprint density at radius 2 is 2.12 bits per heavy atom. The zero-order chi connectivity index (χ0) is 11.7. The molecule has 3 atom stereocenters. The molecule has 17 heavy (non-hydrogen) atoms. The van der Waals surface area contributed by atoms with Crippen LogP contribution in [-0.2, 0) is 0 Å². The van der Waals surface area contributed by atoms with Crippen molar-refractivity contribution in [3.05, 3.63) is 35.9 Å². The van der Waals surface area contributed by atoms with Gasteiger partial charge in [-0.25, -0.2) is 0 Å². The average molecular weight is 230 g/mol. The Labute approximate surface area is 104 Å². The van der Waals surface area contributed by atoms with Crippen LogP contribution in [0.4, 0.5) is 0 Å². The topological polar surface area (TPSA) is 15.3 Å². The number of hydrogen-bond donors (Lipinski definition) is 1. The summed E-state index contributed by atoms with van der Waals surface area (Å²) in [5.74, 6) is 0.994. The molecule has 1 aliphatic carbocycles. The predicted octanol–water partition coefficient (Wildman–Crippen LogP) is 2.43. The quantitative estimate of drug-likeness (QED) is 0.854. The molecule has 0 spiro atoms. The minimum Gasteiger partial charge on any atom is -0.312 e. The maximum Gasteiger partial charge on any atom is 0.0446 e. The summed E-state index contributed by atoms with van der Waals surface area (Å²) in [6.07, 6.45) is 4.35. The Balaban J connectivity index is 1.67. The lowest BCUT2D eigenvalue weighted by Gasteiger charge is -2.30. The number of benzene rings is 1. The highest BCUT2D eigenvalue weighted by Crippen LogP contribution is 2.38. The third kappa shape index (κ3) is 2.24. The molecule has 2 aliphatic rings. The third-order valence-corrected chi connectivity index (χ3v) is 4.49. The molecule has 3 unspecified atom stereocenters. The molecule has 92 valence electrons. The number of rotatable bonds is 4. The van der Waals surface area contributed by atoms with E-state index in [4.69, 9.17) is 0 Å². The van der Waals surface area contributed by atoms with Crippen molar-refractivity contribution in [2.24, 2.45) is 5.92 Å². The van der Waals surface area contributed by atoms with Gasteiger partial charge in [-0.05, 0) is 37.8 Å². The highest BCUT2D eigenvalue weighted by molar-refractivity contribution is 5.19. The molecule has 2 fully saturated rings. The van der Waals surface area contributed by atoms with Crippen molar-refractivity contribution < 1.29 is 0 Å². The molecular formula is C15H22N2. The second kappa shape index (κ2) is 4.79. The fraction of sp³-hybridized carbons (Fsp3) is 0.600. The van der Waals surface area contributed by atoms with Crippen LogP contribution in [0.25, 0.3) is 0 Å². The zero-order valence-corrected chi connectivity index (χ0v) is 10.6. The second-order valence-corrected chi connectivity index (χ2v) is 5.54. The van der Waals surface area contributed by atoms with E-state index in [1.54, 1.807) is 0 Å². The minimum atomic E-state index is 0.482. The molecule has 1 heterocycles. The highest BCUT2D eigenvalue weighted by atomic mass is 15.2. The molecule has 1 N–H and O–H groups in total. The summed E-state index contributed by atoms with van der Waals surface area (Å²) in [4.78, 5) is 2.70. The van der Waals surface area contributed by atoms with E-state index in [0.29, 0.717) is 6.04 Å². The van der Waals surface area contributed by atoms with Gasteiger partial charge in [0.2, 0.25) is 0 Å². The first-order valence-electron chi connectivity index (χ1n) is 6.83. The Kier molecular flexibility index (Phi) is 3.17. The van der Waals surface area contributed by atoms with Crippen LogP contribution in [0.3, 0.4) is 0 Å². The van der Waals surface area contributed by atoms with Gasteiger partial charge in [-0.15, -0.1) is 0 Å². The van der Waals surface area contributed by atoms with E-state index in [1.165, 1.54) is 37.9 Å². The molecule has 0 radical (unpaired) electrons. The summed E-state index contributed by atoms with van der Waals surface area (Å²) in [5.41, 5.74) is 1.41. The Bertz CT molecular complexity index is 362. The third-order valence-electron chi connectivity index (χ3n) is 4.49. The van der Waals surface area contributed by atoms with Gasteiger partial charge in [0.25, 0.3) is 0 Å². The van der Waals surface area contributed by atoms with E-state index >= 15 is 0 Å². The number of fused-ring (bicyclic) bond motifs is 2. The summed E-state index contributed by atoms with van der Waals surface area (Å²) in [5, 5.41) is 3.46. The molecule has 3 rings (SSSR count). The van der Waals surface area contributed by atoms with Crippen molar-refractivity contribution in [3.8, 4) is 0 Å². The van der Waals surface area contributed by atoms with Crippen molar-refractivity contribution >= 4 is 0 Å². The number of nitrogens with one attached hydrogen (secondary N) is 1. The number of piperidine rings is 1. The molecule has 2 heteroatoms. The van der Waals surface area contributed by atoms with Crippen LogP contribution in [0.2, 0.25) is 0 Å². The summed E-state index contributed by atoms with van der Waals surface area (Å²) < 4.78 is 0. The van der Waals surface area contributed by atoms with Crippen molar-refractivity contribution in [2.45, 2.75) is 31.3 Å². The number of hydrogen-bond acceptors (Lipinski definition) is 2. The van der Waals surface area contributed by atoms with Gasteiger partial charge in [0.15, 0.2) is 0 Å². The van der Waals surface area contributed by atoms with Crippen LogP contribution >= 0.6 is 0 Å². The molecule has 0 aromatic heterocycles. The van der Waals surface area contributed by atoms with Crippen molar-refractivity contribution in [2.75, 3.05) is 20.1 Å². The molecule has 1 aromatic carbocycles. The normalized spacial score (nSPS) is 29.7. The van der Waals surface area contributed by atoms with Gasteiger partial charge in [-0.2, -0.15) is 0 Å². The van der Waals surface area contributed by atoms with Crippen molar-refractivity contribution in [1.29, 1.82) is 0 Å². The lowest BCUT2D eigenvalue weighted by atomic mass is 10.0. The van der Waals surface area contributed by atoms with Gasteiger partial charge in [0.1, 0.15) is 0 Å². The first-order valence-corrected chi connectivity index (χ1v) is 6.83. The maximum atomic E-state index is 3.46. The van der Waals surface area contributed by atoms with Crippen molar-refractivity contribution in [1.82, 2.24) is 10.2 Å². The number of nitrogens with zero attached hydrogens (tertiary/aromatic N) is 1. The predicted molar refractivity (Wildman–Crippen MR) is 70.9 cm³/mol. The first kappa shape index (κ1) is 11.2. The van der Waals surface area contributed by atoms with Crippen LogP contribution in [-0.4, -0.2) is 31.1 Å². The number of likely N-dealkylation sites (N-methyl/N-ethyl adjacent to an activating group) is 1.